The van der Waals surface area contributed by atoms with Gasteiger partial charge in [0, 0.05) is 23.1 Å². The van der Waals surface area contributed by atoms with Gasteiger partial charge in [0.2, 0.25) is 5.91 Å². The first kappa shape index (κ1) is 24.3. The summed E-state index contributed by atoms with van der Waals surface area (Å²) in [5.74, 6) is 0.355. The maximum atomic E-state index is 13.4. The third kappa shape index (κ3) is 4.23. The summed E-state index contributed by atoms with van der Waals surface area (Å²) in [6.45, 7) is 4.58. The lowest BCUT2D eigenvalue weighted by atomic mass is 9.85. The van der Waals surface area contributed by atoms with E-state index in [2.05, 4.69) is 10.6 Å². The van der Waals surface area contributed by atoms with Gasteiger partial charge in [-0.3, -0.25) is 19.9 Å². The third-order valence-electron chi connectivity index (χ3n) is 8.05. The molecular formula is C28H34N4O4. The topological polar surface area (TPSA) is 115 Å². The monoisotopic (exact) mass is 490 g/mol. The van der Waals surface area contributed by atoms with Crippen molar-refractivity contribution in [3.63, 3.8) is 0 Å². The zero-order valence-electron chi connectivity index (χ0n) is 20.8. The Morgan fingerprint density at radius 3 is 2.75 bits per heavy atom. The van der Waals surface area contributed by atoms with Gasteiger partial charge in [-0.1, -0.05) is 38.1 Å². The van der Waals surface area contributed by atoms with E-state index in [9.17, 15) is 14.7 Å². The summed E-state index contributed by atoms with van der Waals surface area (Å²) in [5.41, 5.74) is 2.74. The first-order valence-electron chi connectivity index (χ1n) is 12.9. The largest absolute Gasteiger partial charge is 0.493 e. The fourth-order valence-corrected chi connectivity index (χ4v) is 5.80. The lowest BCUT2D eigenvalue weighted by molar-refractivity contribution is -0.132. The number of aliphatic hydroxyl groups excluding tert-OH is 1. The predicted octanol–water partition coefficient (Wildman–Crippen LogP) is 3.60. The third-order valence-corrected chi connectivity index (χ3v) is 8.05. The average molecular weight is 491 g/mol. The molecule has 0 aromatic heterocycles. The fraction of sp³-hybridized carbons (Fsp3) is 0.464. The Morgan fingerprint density at radius 2 is 2.00 bits per heavy atom. The van der Waals surface area contributed by atoms with Crippen LogP contribution in [0.1, 0.15) is 85.1 Å². The van der Waals surface area contributed by atoms with E-state index in [1.54, 1.807) is 18.2 Å². The summed E-state index contributed by atoms with van der Waals surface area (Å²) in [7, 11) is 0. The zero-order valence-corrected chi connectivity index (χ0v) is 20.8. The van der Waals surface area contributed by atoms with Crippen LogP contribution in [0.3, 0.4) is 0 Å². The number of carbonyl (C=O) groups is 2. The molecule has 3 aliphatic rings. The van der Waals surface area contributed by atoms with E-state index in [1.807, 2.05) is 38.1 Å². The molecule has 2 aromatic carbocycles. The molecule has 0 spiro atoms. The molecule has 2 aromatic rings. The Hall–Kier alpha value is -3.39. The minimum atomic E-state index is -0.682. The Morgan fingerprint density at radius 1 is 1.22 bits per heavy atom. The van der Waals surface area contributed by atoms with Crippen molar-refractivity contribution >= 4 is 17.8 Å². The van der Waals surface area contributed by atoms with Crippen LogP contribution in [0, 0.1) is 5.41 Å². The highest BCUT2D eigenvalue weighted by Gasteiger charge is 2.43. The normalized spacial score (nSPS) is 24.8. The number of guanidine groups is 1. The van der Waals surface area contributed by atoms with E-state index in [0.29, 0.717) is 37.2 Å². The standard InChI is InChI=1S/C28H34N4O4/c1-3-28(4-2)16-24(34)32(27(29)31-28)21-10-7-13-36-23-12-11-18(14-20(21)23)26(35)30-25-19-9-6-5-8-17(19)15-22(25)33/h5-6,8-9,11-12,14,21-22,25,33H,3-4,7,10,13,15-16H2,1-2H3,(H2,29,31)(H,30,35)/t21-,22-,25-/m1/s1. The van der Waals surface area contributed by atoms with Crippen molar-refractivity contribution < 1.29 is 19.4 Å². The Labute approximate surface area is 211 Å². The van der Waals surface area contributed by atoms with Crippen molar-refractivity contribution in [3.05, 3.63) is 64.7 Å². The van der Waals surface area contributed by atoms with Crippen LogP contribution in [-0.2, 0) is 11.2 Å². The molecule has 8 nitrogen and oxygen atoms in total. The van der Waals surface area contributed by atoms with Crippen molar-refractivity contribution in [2.24, 2.45) is 0 Å². The molecule has 2 aliphatic heterocycles. The summed E-state index contributed by atoms with van der Waals surface area (Å²) in [6.07, 6.45) is 3.03. The highest BCUT2D eigenvalue weighted by atomic mass is 16.5. The highest BCUT2D eigenvalue weighted by molar-refractivity contribution is 6.00. The Kier molecular flexibility index (Phi) is 6.47. The Bertz CT molecular complexity index is 1170. The first-order valence-corrected chi connectivity index (χ1v) is 12.9. The lowest BCUT2D eigenvalue weighted by Gasteiger charge is -2.44. The van der Waals surface area contributed by atoms with Crippen LogP contribution >= 0.6 is 0 Å². The molecule has 1 aliphatic carbocycles. The molecule has 1 saturated heterocycles. The second-order valence-electron chi connectivity index (χ2n) is 10.1. The van der Waals surface area contributed by atoms with Crippen molar-refractivity contribution in [2.45, 2.75) is 76.1 Å². The number of carbonyl (C=O) groups excluding carboxylic acids is 2. The van der Waals surface area contributed by atoms with Crippen molar-refractivity contribution in [1.82, 2.24) is 15.5 Å². The molecule has 36 heavy (non-hydrogen) atoms. The molecule has 0 radical (unpaired) electrons. The van der Waals surface area contributed by atoms with E-state index in [-0.39, 0.29) is 17.8 Å². The summed E-state index contributed by atoms with van der Waals surface area (Å²) in [6, 6.07) is 12.1. The van der Waals surface area contributed by atoms with E-state index >= 15 is 0 Å². The molecule has 0 saturated carbocycles. The number of aliphatic hydroxyl groups is 1. The number of amides is 2. The Balaban J connectivity index is 1.43. The molecule has 3 atom stereocenters. The van der Waals surface area contributed by atoms with Gasteiger partial charge in [-0.15, -0.1) is 0 Å². The second-order valence-corrected chi connectivity index (χ2v) is 10.1. The number of hydrogen-bond acceptors (Lipinski definition) is 5. The number of ether oxygens (including phenoxy) is 1. The quantitative estimate of drug-likeness (QED) is 0.511. The summed E-state index contributed by atoms with van der Waals surface area (Å²) in [5, 5.41) is 25.6. The number of fused-ring (bicyclic) bond motifs is 2. The summed E-state index contributed by atoms with van der Waals surface area (Å²) >= 11 is 0. The van der Waals surface area contributed by atoms with Crippen LogP contribution in [0.5, 0.6) is 5.75 Å². The predicted molar refractivity (Wildman–Crippen MR) is 136 cm³/mol. The minimum Gasteiger partial charge on any atom is -0.493 e. The van der Waals surface area contributed by atoms with Crippen molar-refractivity contribution in [1.29, 1.82) is 5.41 Å². The molecular weight excluding hydrogens is 456 g/mol. The molecule has 1 fully saturated rings. The average Bonchev–Trinajstić information content (AvgIpc) is 3.05. The molecule has 4 N–H and O–H groups in total. The van der Waals surface area contributed by atoms with E-state index in [4.69, 9.17) is 10.1 Å². The van der Waals surface area contributed by atoms with Crippen LogP contribution in [0.15, 0.2) is 42.5 Å². The van der Waals surface area contributed by atoms with Crippen LogP contribution in [0.2, 0.25) is 0 Å². The highest BCUT2D eigenvalue weighted by Crippen LogP contribution is 2.39. The zero-order chi connectivity index (χ0) is 25.4. The molecule has 8 heteroatoms. The van der Waals surface area contributed by atoms with Gasteiger partial charge in [-0.2, -0.15) is 0 Å². The number of nitrogens with zero attached hydrogens (tertiary/aromatic N) is 1. The van der Waals surface area contributed by atoms with Crippen LogP contribution in [0.25, 0.3) is 0 Å². The van der Waals surface area contributed by atoms with Gasteiger partial charge in [0.15, 0.2) is 5.96 Å². The van der Waals surface area contributed by atoms with Gasteiger partial charge in [0.05, 0.1) is 31.2 Å². The van der Waals surface area contributed by atoms with E-state index < -0.39 is 23.7 Å². The fourth-order valence-electron chi connectivity index (χ4n) is 5.80. The number of rotatable bonds is 5. The van der Waals surface area contributed by atoms with E-state index in [1.165, 1.54) is 4.90 Å². The van der Waals surface area contributed by atoms with Gasteiger partial charge in [0.1, 0.15) is 5.75 Å². The first-order chi connectivity index (χ1) is 17.4. The lowest BCUT2D eigenvalue weighted by Crippen LogP contribution is -2.62. The molecule has 2 amide bonds. The second kappa shape index (κ2) is 9.58. The smallest absolute Gasteiger partial charge is 0.251 e. The van der Waals surface area contributed by atoms with E-state index in [0.717, 1.165) is 36.0 Å². The van der Waals surface area contributed by atoms with Crippen molar-refractivity contribution in [3.8, 4) is 5.75 Å². The summed E-state index contributed by atoms with van der Waals surface area (Å²) in [4.78, 5) is 28.2. The number of hydrogen-bond donors (Lipinski definition) is 4. The minimum absolute atomic E-state index is 0.0826. The van der Waals surface area contributed by atoms with Gasteiger partial charge < -0.3 is 20.5 Å². The van der Waals surface area contributed by atoms with Crippen molar-refractivity contribution in [2.75, 3.05) is 6.61 Å². The molecule has 2 heterocycles. The molecule has 5 rings (SSSR count). The molecule has 190 valence electrons. The maximum absolute atomic E-state index is 13.4. The van der Waals surface area contributed by atoms with Gasteiger partial charge in [0.25, 0.3) is 5.91 Å². The van der Waals surface area contributed by atoms with Crippen LogP contribution in [0.4, 0.5) is 0 Å². The van der Waals surface area contributed by atoms with Gasteiger partial charge in [-0.25, -0.2) is 0 Å². The van der Waals surface area contributed by atoms with Crippen LogP contribution < -0.4 is 15.4 Å². The molecule has 0 bridgehead atoms. The van der Waals surface area contributed by atoms with Crippen LogP contribution in [-0.4, -0.2) is 46.0 Å². The van der Waals surface area contributed by atoms with Gasteiger partial charge >= 0.3 is 0 Å². The molecule has 0 unspecified atom stereocenters. The SMILES string of the molecule is CCC1(CC)CC(=O)N([C@@H]2CCCOc3ccc(C(=O)N[C@@H]4c5ccccc5C[C@H]4O)cc32)C(=N)N1. The van der Waals surface area contributed by atoms with Gasteiger partial charge in [-0.05, 0) is 55.0 Å². The maximum Gasteiger partial charge on any atom is 0.251 e. The number of nitrogens with one attached hydrogen (secondary N) is 3. The summed E-state index contributed by atoms with van der Waals surface area (Å²) < 4.78 is 5.95. The number of benzene rings is 2.